The number of hydrogen-bond donors (Lipinski definition) is 1. The lowest BCUT2D eigenvalue weighted by Gasteiger charge is -2.17. The Bertz CT molecular complexity index is 1270. The Balaban J connectivity index is 1.53. The Morgan fingerprint density at radius 3 is 2.47 bits per heavy atom. The van der Waals surface area contributed by atoms with Crippen molar-refractivity contribution in [2.45, 2.75) is 19.9 Å². The summed E-state index contributed by atoms with van der Waals surface area (Å²) in [6, 6.07) is 17.4. The second-order valence-corrected chi connectivity index (χ2v) is 8.51. The van der Waals surface area contributed by atoms with Crippen LogP contribution in [-0.4, -0.2) is 74.9 Å². The largest absolute Gasteiger partial charge is 0.369 e. The number of nitrogens with zero attached hydrogens (tertiary/aromatic N) is 7. The van der Waals surface area contributed by atoms with Gasteiger partial charge in [0.25, 0.3) is 5.91 Å². The van der Waals surface area contributed by atoms with Crippen LogP contribution in [0.1, 0.15) is 28.4 Å². The van der Waals surface area contributed by atoms with E-state index in [9.17, 15) is 4.79 Å². The fourth-order valence-corrected chi connectivity index (χ4v) is 3.65. The van der Waals surface area contributed by atoms with Crippen molar-refractivity contribution in [2.75, 3.05) is 39.5 Å². The van der Waals surface area contributed by atoms with Crippen LogP contribution in [-0.2, 0) is 6.54 Å². The van der Waals surface area contributed by atoms with Crippen molar-refractivity contribution in [1.29, 1.82) is 0 Å². The zero-order valence-corrected chi connectivity index (χ0v) is 20.1. The minimum Gasteiger partial charge on any atom is -0.369 e. The number of rotatable bonds is 9. The molecule has 0 aliphatic rings. The van der Waals surface area contributed by atoms with Gasteiger partial charge >= 0.3 is 0 Å². The van der Waals surface area contributed by atoms with Gasteiger partial charge in [-0.15, -0.1) is 5.10 Å². The summed E-state index contributed by atoms with van der Waals surface area (Å²) >= 11 is 0. The van der Waals surface area contributed by atoms with Crippen LogP contribution in [0.4, 0.5) is 5.82 Å². The highest BCUT2D eigenvalue weighted by Crippen LogP contribution is 2.21. The number of aryl methyl sites for hydroxylation is 1. The maximum absolute atomic E-state index is 13.2. The molecule has 0 fully saturated rings. The molecule has 1 amide bonds. The van der Waals surface area contributed by atoms with E-state index in [2.05, 4.69) is 39.5 Å². The third kappa shape index (κ3) is 5.37. The average molecular weight is 459 g/mol. The van der Waals surface area contributed by atoms with Gasteiger partial charge in [-0.3, -0.25) is 4.79 Å². The van der Waals surface area contributed by atoms with Crippen molar-refractivity contribution < 1.29 is 4.79 Å². The highest BCUT2D eigenvalue weighted by molar-refractivity contribution is 5.93. The second-order valence-electron chi connectivity index (χ2n) is 8.51. The molecular formula is C25H30N8O. The second kappa shape index (κ2) is 10.4. The molecule has 34 heavy (non-hydrogen) atoms. The smallest absolute Gasteiger partial charge is 0.276 e. The zero-order chi connectivity index (χ0) is 24.1. The number of carbonyl (C=O) groups excluding carboxylic acids is 1. The fourth-order valence-electron chi connectivity index (χ4n) is 3.65. The first-order valence-corrected chi connectivity index (χ1v) is 11.3. The van der Waals surface area contributed by atoms with Crippen molar-refractivity contribution in [3.63, 3.8) is 0 Å². The van der Waals surface area contributed by atoms with Gasteiger partial charge in [0.2, 0.25) is 0 Å². The monoisotopic (exact) mass is 458 g/mol. The molecule has 0 radical (unpaired) electrons. The van der Waals surface area contributed by atoms with E-state index < -0.39 is 0 Å². The number of nitrogens with one attached hydrogen (secondary N) is 1. The topological polar surface area (TPSA) is 92.1 Å². The van der Waals surface area contributed by atoms with Crippen LogP contribution in [0, 0.1) is 6.92 Å². The molecule has 176 valence electrons. The normalized spacial score (nSPS) is 11.2. The van der Waals surface area contributed by atoms with Gasteiger partial charge in [0, 0.05) is 19.0 Å². The Hall–Kier alpha value is -3.85. The summed E-state index contributed by atoms with van der Waals surface area (Å²) in [5, 5.41) is 13.3. The number of carbonyl (C=O) groups is 1. The molecule has 4 rings (SSSR count). The van der Waals surface area contributed by atoms with Crippen molar-refractivity contribution in [1.82, 2.24) is 34.8 Å². The Morgan fingerprint density at radius 2 is 1.71 bits per heavy atom. The van der Waals surface area contributed by atoms with E-state index >= 15 is 0 Å². The van der Waals surface area contributed by atoms with Crippen molar-refractivity contribution in [3.8, 4) is 5.69 Å². The minimum absolute atomic E-state index is 0.225. The van der Waals surface area contributed by atoms with Crippen LogP contribution in [0.25, 0.3) is 16.6 Å². The summed E-state index contributed by atoms with van der Waals surface area (Å²) in [4.78, 5) is 27.8. The highest BCUT2D eigenvalue weighted by atomic mass is 16.2. The van der Waals surface area contributed by atoms with Gasteiger partial charge in [-0.25, -0.2) is 9.97 Å². The van der Waals surface area contributed by atoms with E-state index in [1.54, 1.807) is 18.9 Å². The summed E-state index contributed by atoms with van der Waals surface area (Å²) < 4.78 is 0. The van der Waals surface area contributed by atoms with Crippen LogP contribution in [0.2, 0.25) is 0 Å². The van der Waals surface area contributed by atoms with Crippen LogP contribution < -0.4 is 5.32 Å². The highest BCUT2D eigenvalue weighted by Gasteiger charge is 2.21. The van der Waals surface area contributed by atoms with E-state index in [-0.39, 0.29) is 12.5 Å². The third-order valence-electron chi connectivity index (χ3n) is 5.42. The lowest BCUT2D eigenvalue weighted by molar-refractivity contribution is 0.0774. The quantitative estimate of drug-likeness (QED) is 0.385. The number of aromatic nitrogens is 5. The summed E-state index contributed by atoms with van der Waals surface area (Å²) in [5.41, 5.74) is 2.53. The predicted molar refractivity (Wildman–Crippen MR) is 133 cm³/mol. The fraction of sp³-hybridized carbons (Fsp3) is 0.320. The number of anilines is 1. The van der Waals surface area contributed by atoms with Gasteiger partial charge in [0.15, 0.2) is 11.5 Å². The van der Waals surface area contributed by atoms with Gasteiger partial charge < -0.3 is 15.1 Å². The summed E-state index contributed by atoms with van der Waals surface area (Å²) in [6.45, 7) is 3.84. The Kier molecular flexibility index (Phi) is 7.12. The van der Waals surface area contributed by atoms with E-state index in [1.807, 2.05) is 54.6 Å². The number of benzene rings is 2. The van der Waals surface area contributed by atoms with Crippen LogP contribution >= 0.6 is 0 Å². The average Bonchev–Trinajstić information content (AvgIpc) is 3.23. The molecule has 0 aliphatic heterocycles. The molecule has 0 unspecified atom stereocenters. The molecule has 2 aromatic heterocycles. The summed E-state index contributed by atoms with van der Waals surface area (Å²) in [7, 11) is 5.85. The van der Waals surface area contributed by atoms with Gasteiger partial charge in [0.05, 0.1) is 23.4 Å². The lowest BCUT2D eigenvalue weighted by atomic mass is 10.2. The van der Waals surface area contributed by atoms with Gasteiger partial charge in [-0.1, -0.05) is 30.3 Å². The first-order valence-electron chi connectivity index (χ1n) is 11.3. The first kappa shape index (κ1) is 23.3. The Labute approximate surface area is 199 Å². The minimum atomic E-state index is -0.225. The molecule has 9 heteroatoms. The van der Waals surface area contributed by atoms with E-state index in [4.69, 9.17) is 4.98 Å². The molecule has 2 heterocycles. The molecule has 0 atom stereocenters. The lowest BCUT2D eigenvalue weighted by Crippen LogP contribution is -2.28. The molecule has 4 aromatic rings. The number of hydrogen-bond acceptors (Lipinski definition) is 7. The van der Waals surface area contributed by atoms with Gasteiger partial charge in [-0.05, 0) is 58.3 Å². The number of para-hydroxylation sites is 2. The van der Waals surface area contributed by atoms with Crippen LogP contribution in [0.3, 0.4) is 0 Å². The maximum atomic E-state index is 13.2. The van der Waals surface area contributed by atoms with Crippen molar-refractivity contribution in [3.05, 3.63) is 71.8 Å². The molecular weight excluding hydrogens is 428 g/mol. The molecule has 2 aromatic carbocycles. The van der Waals surface area contributed by atoms with E-state index in [0.717, 1.165) is 41.9 Å². The van der Waals surface area contributed by atoms with Crippen molar-refractivity contribution >= 4 is 22.6 Å². The molecule has 0 saturated carbocycles. The van der Waals surface area contributed by atoms with Crippen molar-refractivity contribution in [2.24, 2.45) is 0 Å². The SMILES string of the molecule is Cc1nn(-c2ccccc2)nc1C(=O)N(C)Cc1nc(NCCCN(C)C)c2ccccc2n1. The van der Waals surface area contributed by atoms with E-state index in [1.165, 1.54) is 4.80 Å². The number of fused-ring (bicyclic) bond motifs is 1. The molecule has 9 nitrogen and oxygen atoms in total. The van der Waals surface area contributed by atoms with Gasteiger partial charge in [0.1, 0.15) is 5.82 Å². The summed E-state index contributed by atoms with van der Waals surface area (Å²) in [6.07, 6.45) is 0.995. The molecule has 1 N–H and O–H groups in total. The van der Waals surface area contributed by atoms with Crippen LogP contribution in [0.5, 0.6) is 0 Å². The number of amides is 1. The molecule has 0 saturated heterocycles. The predicted octanol–water partition coefficient (Wildman–Crippen LogP) is 3.15. The zero-order valence-electron chi connectivity index (χ0n) is 20.1. The van der Waals surface area contributed by atoms with Gasteiger partial charge in [-0.2, -0.15) is 9.90 Å². The molecule has 0 aliphatic carbocycles. The molecule has 0 spiro atoms. The molecule has 0 bridgehead atoms. The standard InChI is InChI=1S/C25H30N8O/c1-18-23(30-33(29-18)19-11-6-5-7-12-19)25(34)32(4)17-22-27-21-14-9-8-13-20(21)24(28-22)26-15-10-16-31(2)3/h5-9,11-14H,10,15-17H2,1-4H3,(H,26,27,28). The maximum Gasteiger partial charge on any atom is 0.276 e. The first-order chi connectivity index (χ1) is 16.4. The van der Waals surface area contributed by atoms with E-state index in [0.29, 0.717) is 17.2 Å². The third-order valence-corrected chi connectivity index (χ3v) is 5.42. The van der Waals surface area contributed by atoms with Crippen LogP contribution in [0.15, 0.2) is 54.6 Å². The Morgan fingerprint density at radius 1 is 0.971 bits per heavy atom. The summed E-state index contributed by atoms with van der Waals surface area (Å²) in [5.74, 6) is 1.13.